The Kier molecular flexibility index (Phi) is 3.27. The van der Waals surface area contributed by atoms with Crippen molar-refractivity contribution < 1.29 is 18.8 Å². The van der Waals surface area contributed by atoms with Gasteiger partial charge in [-0.1, -0.05) is 6.07 Å². The van der Waals surface area contributed by atoms with Gasteiger partial charge in [-0.15, -0.1) is 0 Å². The van der Waals surface area contributed by atoms with Gasteiger partial charge in [0.05, 0.1) is 19.8 Å². The first kappa shape index (κ1) is 12.1. The predicted molar refractivity (Wildman–Crippen MR) is 62.4 cm³/mol. The lowest BCUT2D eigenvalue weighted by Crippen LogP contribution is -2.03. The van der Waals surface area contributed by atoms with Gasteiger partial charge in [0.2, 0.25) is 0 Å². The van der Waals surface area contributed by atoms with Crippen molar-refractivity contribution in [2.45, 2.75) is 6.92 Å². The molecule has 0 N–H and O–H groups in total. The number of hydrogen-bond acceptors (Lipinski definition) is 6. The summed E-state index contributed by atoms with van der Waals surface area (Å²) in [5, 5.41) is 3.54. The van der Waals surface area contributed by atoms with Crippen molar-refractivity contribution >= 4 is 5.97 Å². The molecule has 1 aromatic carbocycles. The fourth-order valence-electron chi connectivity index (χ4n) is 1.48. The highest BCUT2D eigenvalue weighted by molar-refractivity contribution is 5.85. The first-order valence-corrected chi connectivity index (χ1v) is 5.22. The highest BCUT2D eigenvalue weighted by Crippen LogP contribution is 2.29. The van der Waals surface area contributed by atoms with Gasteiger partial charge in [0.1, 0.15) is 5.75 Å². The van der Waals surface area contributed by atoms with Gasteiger partial charge in [-0.2, -0.15) is 4.98 Å². The summed E-state index contributed by atoms with van der Waals surface area (Å²) < 4.78 is 14.8. The molecule has 1 aromatic heterocycles. The second-order valence-electron chi connectivity index (χ2n) is 3.62. The maximum atomic E-state index is 11.2. The number of carbonyl (C=O) groups excluding carboxylic acids is 1. The van der Waals surface area contributed by atoms with Crippen LogP contribution in [-0.4, -0.2) is 30.3 Å². The first-order valence-electron chi connectivity index (χ1n) is 5.22. The molecule has 0 fully saturated rings. The van der Waals surface area contributed by atoms with Crippen molar-refractivity contribution in [2.75, 3.05) is 14.2 Å². The van der Waals surface area contributed by atoms with Gasteiger partial charge in [0.25, 0.3) is 11.7 Å². The van der Waals surface area contributed by atoms with Gasteiger partial charge in [-0.25, -0.2) is 4.79 Å². The minimum absolute atomic E-state index is 0.116. The van der Waals surface area contributed by atoms with Gasteiger partial charge in [-0.05, 0) is 29.8 Å². The van der Waals surface area contributed by atoms with E-state index in [1.165, 1.54) is 7.11 Å². The molecule has 0 saturated heterocycles. The van der Waals surface area contributed by atoms with Crippen LogP contribution in [-0.2, 0) is 4.74 Å². The van der Waals surface area contributed by atoms with Gasteiger partial charge < -0.3 is 14.0 Å². The van der Waals surface area contributed by atoms with E-state index in [0.29, 0.717) is 11.3 Å². The Morgan fingerprint density at radius 1 is 1.33 bits per heavy atom. The standard InChI is InChI=1S/C12H12N2O4/c1-7-4-5-8(9(6-7)16-2)11-13-10(14-18-11)12(15)17-3/h4-6H,1-3H3. The van der Waals surface area contributed by atoms with Gasteiger partial charge >= 0.3 is 5.97 Å². The van der Waals surface area contributed by atoms with E-state index in [1.54, 1.807) is 13.2 Å². The zero-order chi connectivity index (χ0) is 13.1. The van der Waals surface area contributed by atoms with Crippen LogP contribution in [0.5, 0.6) is 5.75 Å². The number of nitrogens with zero attached hydrogens (tertiary/aromatic N) is 2. The van der Waals surface area contributed by atoms with Crippen LogP contribution in [0.2, 0.25) is 0 Å². The molecule has 6 nitrogen and oxygen atoms in total. The van der Waals surface area contributed by atoms with Gasteiger partial charge in [0.15, 0.2) is 0 Å². The van der Waals surface area contributed by atoms with Crippen molar-refractivity contribution in [1.82, 2.24) is 10.1 Å². The summed E-state index contributed by atoms with van der Waals surface area (Å²) in [6.45, 7) is 1.94. The summed E-state index contributed by atoms with van der Waals surface area (Å²) in [4.78, 5) is 15.2. The summed E-state index contributed by atoms with van der Waals surface area (Å²) >= 11 is 0. The quantitative estimate of drug-likeness (QED) is 0.771. The smallest absolute Gasteiger partial charge is 0.379 e. The van der Waals surface area contributed by atoms with E-state index in [4.69, 9.17) is 9.26 Å². The summed E-state index contributed by atoms with van der Waals surface area (Å²) in [7, 11) is 2.81. The van der Waals surface area contributed by atoms with Crippen molar-refractivity contribution in [2.24, 2.45) is 0 Å². The number of benzene rings is 1. The molecule has 0 atom stereocenters. The second kappa shape index (κ2) is 4.87. The molecule has 0 amide bonds. The van der Waals surface area contributed by atoms with Gasteiger partial charge in [0, 0.05) is 0 Å². The predicted octanol–water partition coefficient (Wildman–Crippen LogP) is 1.84. The van der Waals surface area contributed by atoms with Crippen molar-refractivity contribution in [3.63, 3.8) is 0 Å². The molecule has 0 bridgehead atoms. The van der Waals surface area contributed by atoms with Crippen LogP contribution >= 0.6 is 0 Å². The van der Waals surface area contributed by atoms with E-state index in [9.17, 15) is 4.79 Å². The van der Waals surface area contributed by atoms with Crippen LogP contribution in [0.4, 0.5) is 0 Å². The zero-order valence-electron chi connectivity index (χ0n) is 10.3. The Morgan fingerprint density at radius 3 is 2.78 bits per heavy atom. The third kappa shape index (κ3) is 2.17. The highest BCUT2D eigenvalue weighted by atomic mass is 16.5. The maximum Gasteiger partial charge on any atom is 0.379 e. The minimum atomic E-state index is -0.643. The average Bonchev–Trinajstić information content (AvgIpc) is 2.87. The summed E-state index contributed by atoms with van der Waals surface area (Å²) in [5.41, 5.74) is 1.68. The summed E-state index contributed by atoms with van der Waals surface area (Å²) in [6, 6.07) is 5.53. The van der Waals surface area contributed by atoms with Crippen molar-refractivity contribution in [3.05, 3.63) is 29.6 Å². The molecule has 0 spiro atoms. The Morgan fingerprint density at radius 2 is 2.11 bits per heavy atom. The third-order valence-electron chi connectivity index (χ3n) is 2.38. The SMILES string of the molecule is COC(=O)c1noc(-c2ccc(C)cc2OC)n1. The fraction of sp³-hybridized carbons (Fsp3) is 0.250. The van der Waals surface area contributed by atoms with E-state index in [-0.39, 0.29) is 11.7 Å². The van der Waals surface area contributed by atoms with Crippen LogP contribution < -0.4 is 4.74 Å². The molecule has 1 heterocycles. The van der Waals surface area contributed by atoms with E-state index >= 15 is 0 Å². The number of aryl methyl sites for hydroxylation is 1. The minimum Gasteiger partial charge on any atom is -0.496 e. The fourth-order valence-corrected chi connectivity index (χ4v) is 1.48. The van der Waals surface area contributed by atoms with Crippen LogP contribution in [0, 0.1) is 6.92 Å². The molecule has 0 unspecified atom stereocenters. The average molecular weight is 248 g/mol. The van der Waals surface area contributed by atoms with Crippen LogP contribution in [0.15, 0.2) is 22.7 Å². The van der Waals surface area contributed by atoms with E-state index in [0.717, 1.165) is 5.56 Å². The molecule has 6 heteroatoms. The van der Waals surface area contributed by atoms with Crippen LogP contribution in [0.3, 0.4) is 0 Å². The zero-order valence-corrected chi connectivity index (χ0v) is 10.3. The maximum absolute atomic E-state index is 11.2. The summed E-state index contributed by atoms with van der Waals surface area (Å²) in [6.07, 6.45) is 0. The van der Waals surface area contributed by atoms with Crippen LogP contribution in [0.1, 0.15) is 16.2 Å². The molecule has 0 aliphatic carbocycles. The lowest BCUT2D eigenvalue weighted by atomic mass is 10.1. The summed E-state index contributed by atoms with van der Waals surface area (Å²) in [5.74, 6) is 0.0634. The topological polar surface area (TPSA) is 74.5 Å². The Hall–Kier alpha value is -2.37. The molecule has 0 radical (unpaired) electrons. The molecule has 0 aliphatic heterocycles. The van der Waals surface area contributed by atoms with E-state index in [1.807, 2.05) is 19.1 Å². The number of hydrogen-bond donors (Lipinski definition) is 0. The first-order chi connectivity index (χ1) is 8.65. The third-order valence-corrected chi connectivity index (χ3v) is 2.38. The molecule has 94 valence electrons. The van der Waals surface area contributed by atoms with Gasteiger partial charge in [-0.3, -0.25) is 0 Å². The number of carbonyl (C=O) groups is 1. The van der Waals surface area contributed by atoms with E-state index < -0.39 is 5.97 Å². The monoisotopic (exact) mass is 248 g/mol. The molecule has 0 saturated carbocycles. The molecule has 0 aliphatic rings. The molecule has 2 rings (SSSR count). The molecule has 18 heavy (non-hydrogen) atoms. The lowest BCUT2D eigenvalue weighted by Gasteiger charge is -2.05. The second-order valence-corrected chi connectivity index (χ2v) is 3.62. The molecule has 2 aromatic rings. The lowest BCUT2D eigenvalue weighted by molar-refractivity contribution is 0.0583. The number of methoxy groups -OCH3 is 2. The van der Waals surface area contributed by atoms with Crippen molar-refractivity contribution in [3.8, 4) is 17.2 Å². The van der Waals surface area contributed by atoms with E-state index in [2.05, 4.69) is 14.9 Å². The van der Waals surface area contributed by atoms with Crippen LogP contribution in [0.25, 0.3) is 11.5 Å². The number of ether oxygens (including phenoxy) is 2. The number of aromatic nitrogens is 2. The number of esters is 1. The Balaban J connectivity index is 2.42. The number of rotatable bonds is 3. The Bertz CT molecular complexity index is 577. The van der Waals surface area contributed by atoms with Crippen molar-refractivity contribution in [1.29, 1.82) is 0 Å². The molecular formula is C12H12N2O4. The Labute approximate surface area is 104 Å². The normalized spacial score (nSPS) is 10.2. The molecular weight excluding hydrogens is 236 g/mol. The highest BCUT2D eigenvalue weighted by Gasteiger charge is 2.18. The largest absolute Gasteiger partial charge is 0.496 e.